The molecule has 23 heavy (non-hydrogen) atoms. The lowest BCUT2D eigenvalue weighted by Crippen LogP contribution is -2.18. The number of allylic oxidation sites excluding steroid dienone is 1. The number of anilines is 1. The fourth-order valence-electron chi connectivity index (χ4n) is 1.99. The Bertz CT molecular complexity index is 685. The Morgan fingerprint density at radius 3 is 2.61 bits per heavy atom. The fraction of sp³-hybridized carbons (Fsp3) is 0.400. The van der Waals surface area contributed by atoms with Crippen LogP contribution in [0.3, 0.4) is 0 Å². The van der Waals surface area contributed by atoms with Crippen LogP contribution in [0.2, 0.25) is 0 Å². The molecule has 0 heterocycles. The molecule has 1 rings (SSSR count). The Hall–Kier alpha value is -1.73. The van der Waals surface area contributed by atoms with E-state index in [1.165, 1.54) is 19.2 Å². The minimum atomic E-state index is -3.62. The predicted octanol–water partition coefficient (Wildman–Crippen LogP) is 3.19. The van der Waals surface area contributed by atoms with Crippen LogP contribution in [0, 0.1) is 0 Å². The summed E-state index contributed by atoms with van der Waals surface area (Å²) < 4.78 is 31.9. The molecule has 0 aliphatic heterocycles. The van der Waals surface area contributed by atoms with Crippen molar-refractivity contribution in [3.05, 3.63) is 29.3 Å². The summed E-state index contributed by atoms with van der Waals surface area (Å²) in [5.41, 5.74) is 0.553. The average molecular weight is 362 g/mol. The maximum atomic E-state index is 12.1. The van der Waals surface area contributed by atoms with Gasteiger partial charge in [0.25, 0.3) is 0 Å². The third-order valence-electron chi connectivity index (χ3n) is 2.98. The topological polar surface area (TPSA) is 92.7 Å². The van der Waals surface area contributed by atoms with Gasteiger partial charge in [0, 0.05) is 11.4 Å². The normalized spacial score (nSPS) is 11.6. The van der Waals surface area contributed by atoms with Crippen LogP contribution in [-0.2, 0) is 10.0 Å². The van der Waals surface area contributed by atoms with Crippen molar-refractivity contribution in [2.24, 2.45) is 0 Å². The van der Waals surface area contributed by atoms with E-state index in [0.717, 1.165) is 0 Å². The van der Waals surface area contributed by atoms with E-state index >= 15 is 0 Å². The molecule has 0 aliphatic carbocycles. The molecule has 0 saturated carbocycles. The lowest BCUT2D eigenvalue weighted by Gasteiger charge is -2.15. The number of alkyl halides is 1. The van der Waals surface area contributed by atoms with Gasteiger partial charge in [-0.3, -0.25) is 4.72 Å². The SMILES string of the molecule is C/C=C/c1cc(C(=O)O)cc(NS(=O)(=O)CCCCCl)c1OC. The number of sulfonamides is 1. The number of ether oxygens (including phenoxy) is 1. The van der Waals surface area contributed by atoms with Gasteiger partial charge in [-0.1, -0.05) is 12.2 Å². The molecular formula is C15H20ClNO5S. The number of carboxylic acids is 1. The first-order chi connectivity index (χ1) is 10.8. The van der Waals surface area contributed by atoms with Gasteiger partial charge in [-0.2, -0.15) is 0 Å². The van der Waals surface area contributed by atoms with Gasteiger partial charge in [-0.15, -0.1) is 11.6 Å². The van der Waals surface area contributed by atoms with Crippen LogP contribution in [0.4, 0.5) is 5.69 Å². The Kier molecular flexibility index (Phi) is 7.38. The third-order valence-corrected chi connectivity index (χ3v) is 4.60. The minimum Gasteiger partial charge on any atom is -0.494 e. The number of methoxy groups -OCH3 is 1. The first-order valence-electron chi connectivity index (χ1n) is 6.99. The van der Waals surface area contributed by atoms with Crippen LogP contribution in [0.15, 0.2) is 18.2 Å². The molecule has 0 radical (unpaired) electrons. The zero-order chi connectivity index (χ0) is 17.5. The van der Waals surface area contributed by atoms with E-state index in [9.17, 15) is 18.3 Å². The lowest BCUT2D eigenvalue weighted by molar-refractivity contribution is 0.0697. The molecule has 0 saturated heterocycles. The standard InChI is InChI=1S/C15H20ClNO5S/c1-3-6-11-9-12(15(18)19)10-13(14(11)22-2)17-23(20,21)8-5-4-7-16/h3,6,9-10,17H,4-5,7-8H2,1-2H3,(H,18,19)/b6-3+. The minimum absolute atomic E-state index is 0.0302. The van der Waals surface area contributed by atoms with Gasteiger partial charge in [0.2, 0.25) is 10.0 Å². The summed E-state index contributed by atoms with van der Waals surface area (Å²) in [6.07, 6.45) is 4.36. The van der Waals surface area contributed by atoms with Gasteiger partial charge < -0.3 is 9.84 Å². The van der Waals surface area contributed by atoms with Crippen molar-refractivity contribution in [2.45, 2.75) is 19.8 Å². The summed E-state index contributed by atoms with van der Waals surface area (Å²) in [4.78, 5) is 11.2. The van der Waals surface area contributed by atoms with Gasteiger partial charge in [-0.05, 0) is 31.9 Å². The number of unbranched alkanes of at least 4 members (excludes halogenated alkanes) is 1. The van der Waals surface area contributed by atoms with Crippen molar-refractivity contribution in [3.8, 4) is 5.75 Å². The first-order valence-corrected chi connectivity index (χ1v) is 9.17. The summed E-state index contributed by atoms with van der Waals surface area (Å²) in [5.74, 6) is -0.590. The highest BCUT2D eigenvalue weighted by atomic mass is 35.5. The fourth-order valence-corrected chi connectivity index (χ4v) is 3.35. The summed E-state index contributed by atoms with van der Waals surface area (Å²) in [6, 6.07) is 2.67. The summed E-state index contributed by atoms with van der Waals surface area (Å²) in [6.45, 7) is 1.77. The van der Waals surface area contributed by atoms with E-state index in [1.807, 2.05) is 0 Å². The highest BCUT2D eigenvalue weighted by Gasteiger charge is 2.18. The maximum Gasteiger partial charge on any atom is 0.335 e. The van der Waals surface area contributed by atoms with Crippen LogP contribution >= 0.6 is 11.6 Å². The summed E-state index contributed by atoms with van der Waals surface area (Å²) in [5, 5.41) is 9.18. The molecule has 0 fully saturated rings. The molecule has 6 nitrogen and oxygen atoms in total. The van der Waals surface area contributed by atoms with Crippen molar-refractivity contribution in [3.63, 3.8) is 0 Å². The molecule has 0 unspecified atom stereocenters. The van der Waals surface area contributed by atoms with Crippen molar-refractivity contribution in [1.82, 2.24) is 0 Å². The van der Waals surface area contributed by atoms with E-state index in [-0.39, 0.29) is 22.8 Å². The van der Waals surface area contributed by atoms with Crippen LogP contribution in [0.1, 0.15) is 35.7 Å². The van der Waals surface area contributed by atoms with Crippen molar-refractivity contribution in [2.75, 3.05) is 23.5 Å². The second kappa shape index (κ2) is 8.79. The van der Waals surface area contributed by atoms with E-state index in [1.54, 1.807) is 19.1 Å². The van der Waals surface area contributed by atoms with Gasteiger partial charge in [0.1, 0.15) is 5.75 Å². The van der Waals surface area contributed by atoms with E-state index < -0.39 is 16.0 Å². The van der Waals surface area contributed by atoms with E-state index in [4.69, 9.17) is 16.3 Å². The highest BCUT2D eigenvalue weighted by Crippen LogP contribution is 2.32. The molecule has 0 aliphatic rings. The number of hydrogen-bond acceptors (Lipinski definition) is 4. The van der Waals surface area contributed by atoms with Crippen molar-refractivity contribution in [1.29, 1.82) is 0 Å². The van der Waals surface area contributed by atoms with E-state index in [0.29, 0.717) is 24.3 Å². The van der Waals surface area contributed by atoms with Gasteiger partial charge in [0.05, 0.1) is 24.1 Å². The first kappa shape index (κ1) is 19.3. The number of halogens is 1. The Morgan fingerprint density at radius 1 is 1.39 bits per heavy atom. The zero-order valence-electron chi connectivity index (χ0n) is 13.0. The number of hydrogen-bond donors (Lipinski definition) is 2. The van der Waals surface area contributed by atoms with Crippen molar-refractivity contribution >= 4 is 39.4 Å². The molecule has 2 N–H and O–H groups in total. The van der Waals surface area contributed by atoms with Crippen LogP contribution < -0.4 is 9.46 Å². The number of benzene rings is 1. The maximum absolute atomic E-state index is 12.1. The Labute approximate surface area is 141 Å². The van der Waals surface area contributed by atoms with Gasteiger partial charge in [0.15, 0.2) is 0 Å². The molecule has 0 bridgehead atoms. The molecule has 8 heteroatoms. The van der Waals surface area contributed by atoms with E-state index in [2.05, 4.69) is 4.72 Å². The number of carbonyl (C=O) groups is 1. The molecule has 0 spiro atoms. The number of rotatable bonds is 9. The lowest BCUT2D eigenvalue weighted by atomic mass is 10.1. The van der Waals surface area contributed by atoms with Crippen LogP contribution in [0.5, 0.6) is 5.75 Å². The van der Waals surface area contributed by atoms with Crippen LogP contribution in [-0.4, -0.2) is 38.2 Å². The largest absolute Gasteiger partial charge is 0.494 e. The molecule has 1 aromatic carbocycles. The third kappa shape index (κ3) is 5.76. The number of carboxylic acid groups (broad SMARTS) is 1. The second-order valence-corrected chi connectivity index (χ2v) is 6.99. The molecule has 0 amide bonds. The number of aromatic carboxylic acids is 1. The summed E-state index contributed by atoms with van der Waals surface area (Å²) in [7, 11) is -2.22. The Morgan fingerprint density at radius 2 is 2.09 bits per heavy atom. The monoisotopic (exact) mass is 361 g/mol. The molecule has 128 valence electrons. The Balaban J connectivity index is 3.24. The zero-order valence-corrected chi connectivity index (χ0v) is 14.6. The molecular weight excluding hydrogens is 342 g/mol. The quantitative estimate of drug-likeness (QED) is 0.520. The van der Waals surface area contributed by atoms with Gasteiger partial charge >= 0.3 is 5.97 Å². The van der Waals surface area contributed by atoms with Gasteiger partial charge in [-0.25, -0.2) is 13.2 Å². The molecule has 0 atom stereocenters. The predicted molar refractivity (Wildman–Crippen MR) is 92.0 cm³/mol. The van der Waals surface area contributed by atoms with Crippen LogP contribution in [0.25, 0.3) is 6.08 Å². The average Bonchev–Trinajstić information content (AvgIpc) is 2.47. The number of nitrogens with one attached hydrogen (secondary N) is 1. The highest BCUT2D eigenvalue weighted by molar-refractivity contribution is 7.92. The molecule has 1 aromatic rings. The molecule has 0 aromatic heterocycles. The second-order valence-electron chi connectivity index (χ2n) is 4.77. The van der Waals surface area contributed by atoms with Crippen molar-refractivity contribution < 1.29 is 23.1 Å². The smallest absolute Gasteiger partial charge is 0.335 e. The summed E-state index contributed by atoms with van der Waals surface area (Å²) >= 11 is 5.54.